The van der Waals surface area contributed by atoms with Gasteiger partial charge in [-0.15, -0.1) is 11.3 Å². The molecule has 6 nitrogen and oxygen atoms in total. The second-order valence-electron chi connectivity index (χ2n) is 6.16. The summed E-state index contributed by atoms with van der Waals surface area (Å²) in [7, 11) is 1.34. The van der Waals surface area contributed by atoms with Gasteiger partial charge >= 0.3 is 6.18 Å². The van der Waals surface area contributed by atoms with E-state index in [1.54, 1.807) is 12.3 Å². The van der Waals surface area contributed by atoms with Crippen molar-refractivity contribution in [3.05, 3.63) is 70.2 Å². The summed E-state index contributed by atoms with van der Waals surface area (Å²) in [6, 6.07) is 8.66. The van der Waals surface area contributed by atoms with Gasteiger partial charge in [-0.05, 0) is 37.3 Å². The third-order valence-corrected chi connectivity index (χ3v) is 4.90. The van der Waals surface area contributed by atoms with E-state index in [1.807, 2.05) is 0 Å². The summed E-state index contributed by atoms with van der Waals surface area (Å²) in [5.74, 6) is -1.28. The van der Waals surface area contributed by atoms with Crippen molar-refractivity contribution in [3.63, 3.8) is 0 Å². The van der Waals surface area contributed by atoms with E-state index in [-0.39, 0.29) is 17.0 Å². The molecule has 0 spiro atoms. The van der Waals surface area contributed by atoms with Crippen molar-refractivity contribution in [1.82, 2.24) is 4.98 Å². The Kier molecular flexibility index (Phi) is 6.06. The topological polar surface area (TPSA) is 80.3 Å². The molecule has 30 heavy (non-hydrogen) atoms. The van der Waals surface area contributed by atoms with Crippen LogP contribution in [0, 0.1) is 6.92 Å². The van der Waals surface area contributed by atoms with Crippen molar-refractivity contribution < 1.29 is 27.5 Å². The number of thiazole rings is 1. The molecule has 0 aliphatic carbocycles. The van der Waals surface area contributed by atoms with Crippen molar-refractivity contribution in [2.24, 2.45) is 0 Å². The number of anilines is 2. The van der Waals surface area contributed by atoms with Gasteiger partial charge in [-0.3, -0.25) is 14.9 Å². The normalized spacial score (nSPS) is 11.1. The van der Waals surface area contributed by atoms with Gasteiger partial charge in [-0.25, -0.2) is 4.98 Å². The molecule has 3 rings (SSSR count). The molecule has 0 bridgehead atoms. The molecule has 0 saturated heterocycles. The Labute approximate surface area is 173 Å². The van der Waals surface area contributed by atoms with Crippen LogP contribution < -0.4 is 15.4 Å². The molecule has 0 aliphatic heterocycles. The molecule has 0 unspecified atom stereocenters. The molecule has 0 radical (unpaired) electrons. The molecule has 0 aliphatic rings. The van der Waals surface area contributed by atoms with Gasteiger partial charge in [0.1, 0.15) is 5.75 Å². The fourth-order valence-electron chi connectivity index (χ4n) is 2.65. The molecule has 3 aromatic rings. The van der Waals surface area contributed by atoms with Gasteiger partial charge in [-0.2, -0.15) is 13.2 Å². The third-order valence-electron chi connectivity index (χ3n) is 4.03. The van der Waals surface area contributed by atoms with Crippen LogP contribution >= 0.6 is 11.3 Å². The lowest BCUT2D eigenvalue weighted by molar-refractivity contribution is -0.137. The molecule has 10 heteroatoms. The van der Waals surface area contributed by atoms with Crippen molar-refractivity contribution in [3.8, 4) is 5.75 Å². The zero-order valence-corrected chi connectivity index (χ0v) is 16.6. The Balaban J connectivity index is 1.88. The summed E-state index contributed by atoms with van der Waals surface area (Å²) in [5.41, 5.74) is -0.624. The Hall–Kier alpha value is -3.40. The molecular weight excluding hydrogens is 419 g/mol. The van der Waals surface area contributed by atoms with Crippen LogP contribution in [0.5, 0.6) is 5.75 Å². The molecule has 2 N–H and O–H groups in total. The van der Waals surface area contributed by atoms with Crippen LogP contribution in [0.4, 0.5) is 24.0 Å². The van der Waals surface area contributed by atoms with Crippen molar-refractivity contribution in [2.45, 2.75) is 13.1 Å². The zero-order chi connectivity index (χ0) is 21.9. The minimum absolute atomic E-state index is 0.0578. The Bertz CT molecular complexity index is 1100. The van der Waals surface area contributed by atoms with Crippen LogP contribution in [0.1, 0.15) is 32.0 Å². The molecule has 2 aromatic carbocycles. The standard InChI is InChI=1S/C20H16F3N3O3S/c1-11-10-30-19(24-11)26-17(27)12-7-8-16(29-2)15(9-12)25-18(28)13-5-3-4-6-14(13)20(21,22)23/h3-10H,1-2H3,(H,25,28)(H,24,26,27). The second-order valence-corrected chi connectivity index (χ2v) is 7.02. The van der Waals surface area contributed by atoms with Crippen molar-refractivity contribution in [1.29, 1.82) is 0 Å². The number of nitrogens with one attached hydrogen (secondary N) is 2. The zero-order valence-electron chi connectivity index (χ0n) is 15.8. The predicted octanol–water partition coefficient (Wildman–Crippen LogP) is 4.98. The van der Waals surface area contributed by atoms with Gasteiger partial charge in [0.15, 0.2) is 5.13 Å². The minimum Gasteiger partial charge on any atom is -0.495 e. The number of rotatable bonds is 5. The molecule has 0 atom stereocenters. The number of aromatic nitrogens is 1. The van der Waals surface area contributed by atoms with E-state index in [2.05, 4.69) is 15.6 Å². The first-order valence-corrected chi connectivity index (χ1v) is 9.46. The van der Waals surface area contributed by atoms with E-state index >= 15 is 0 Å². The number of carbonyl (C=O) groups is 2. The van der Waals surface area contributed by atoms with E-state index in [1.165, 1.54) is 48.8 Å². The van der Waals surface area contributed by atoms with E-state index in [4.69, 9.17) is 4.74 Å². The van der Waals surface area contributed by atoms with Gasteiger partial charge in [0, 0.05) is 10.9 Å². The first kappa shape index (κ1) is 21.3. The fraction of sp³-hybridized carbons (Fsp3) is 0.150. The fourth-order valence-corrected chi connectivity index (χ4v) is 3.33. The Morgan fingerprint density at radius 3 is 2.43 bits per heavy atom. The number of hydrogen-bond donors (Lipinski definition) is 2. The number of hydrogen-bond acceptors (Lipinski definition) is 5. The van der Waals surface area contributed by atoms with Crippen LogP contribution in [0.3, 0.4) is 0 Å². The maximum atomic E-state index is 13.2. The van der Waals surface area contributed by atoms with Crippen LogP contribution in [0.2, 0.25) is 0 Å². The second kappa shape index (κ2) is 8.54. The molecule has 0 fully saturated rings. The number of benzene rings is 2. The molecule has 1 heterocycles. The molecular formula is C20H16F3N3O3S. The maximum absolute atomic E-state index is 13.2. The van der Waals surface area contributed by atoms with E-state index in [0.29, 0.717) is 5.13 Å². The van der Waals surface area contributed by atoms with Crippen molar-refractivity contribution >= 4 is 34.0 Å². The summed E-state index contributed by atoms with van der Waals surface area (Å²) in [4.78, 5) is 29.2. The summed E-state index contributed by atoms with van der Waals surface area (Å²) >= 11 is 1.25. The molecule has 0 saturated carbocycles. The predicted molar refractivity (Wildman–Crippen MR) is 107 cm³/mol. The van der Waals surface area contributed by atoms with Gasteiger partial charge in [0.25, 0.3) is 11.8 Å². The lowest BCUT2D eigenvalue weighted by Crippen LogP contribution is -2.19. The van der Waals surface area contributed by atoms with Crippen LogP contribution in [-0.2, 0) is 6.18 Å². The first-order chi connectivity index (χ1) is 14.2. The van der Waals surface area contributed by atoms with E-state index in [0.717, 1.165) is 17.8 Å². The quantitative estimate of drug-likeness (QED) is 0.592. The highest BCUT2D eigenvalue weighted by molar-refractivity contribution is 7.13. The largest absolute Gasteiger partial charge is 0.495 e. The number of alkyl halides is 3. The average molecular weight is 435 g/mol. The number of aryl methyl sites for hydroxylation is 1. The lowest BCUT2D eigenvalue weighted by atomic mass is 10.1. The highest BCUT2D eigenvalue weighted by Gasteiger charge is 2.35. The first-order valence-electron chi connectivity index (χ1n) is 8.58. The molecule has 2 amide bonds. The number of nitrogens with zero attached hydrogens (tertiary/aromatic N) is 1. The molecule has 1 aromatic heterocycles. The Morgan fingerprint density at radius 1 is 1.07 bits per heavy atom. The number of ether oxygens (including phenoxy) is 1. The summed E-state index contributed by atoms with van der Waals surface area (Å²) < 4.78 is 44.8. The van der Waals surface area contributed by atoms with Gasteiger partial charge in [-0.1, -0.05) is 12.1 Å². The van der Waals surface area contributed by atoms with Gasteiger partial charge in [0.05, 0.1) is 29.6 Å². The van der Waals surface area contributed by atoms with Crippen LogP contribution in [-0.4, -0.2) is 23.9 Å². The van der Waals surface area contributed by atoms with Gasteiger partial charge < -0.3 is 10.1 Å². The van der Waals surface area contributed by atoms with Crippen LogP contribution in [0.25, 0.3) is 0 Å². The van der Waals surface area contributed by atoms with E-state index < -0.39 is 29.1 Å². The number of halogens is 3. The lowest BCUT2D eigenvalue weighted by Gasteiger charge is -2.15. The number of amides is 2. The number of methoxy groups -OCH3 is 1. The smallest absolute Gasteiger partial charge is 0.417 e. The van der Waals surface area contributed by atoms with Crippen molar-refractivity contribution in [2.75, 3.05) is 17.7 Å². The summed E-state index contributed by atoms with van der Waals surface area (Å²) in [5, 5.41) is 7.19. The monoisotopic (exact) mass is 435 g/mol. The highest BCUT2D eigenvalue weighted by atomic mass is 32.1. The summed E-state index contributed by atoms with van der Waals surface area (Å²) in [6.45, 7) is 1.78. The van der Waals surface area contributed by atoms with E-state index in [9.17, 15) is 22.8 Å². The van der Waals surface area contributed by atoms with Crippen LogP contribution in [0.15, 0.2) is 47.8 Å². The molecule has 156 valence electrons. The van der Waals surface area contributed by atoms with Gasteiger partial charge in [0.2, 0.25) is 0 Å². The summed E-state index contributed by atoms with van der Waals surface area (Å²) in [6.07, 6.45) is -4.69. The average Bonchev–Trinajstić information content (AvgIpc) is 3.11. The minimum atomic E-state index is -4.69. The number of carbonyl (C=O) groups excluding carboxylic acids is 2. The SMILES string of the molecule is COc1ccc(C(=O)Nc2nc(C)cs2)cc1NC(=O)c1ccccc1C(F)(F)F. The maximum Gasteiger partial charge on any atom is 0.417 e. The Morgan fingerprint density at radius 2 is 1.80 bits per heavy atom. The highest BCUT2D eigenvalue weighted by Crippen LogP contribution is 2.33. The third kappa shape index (κ3) is 4.77.